The molecule has 0 radical (unpaired) electrons. The van der Waals surface area contributed by atoms with Gasteiger partial charge in [0.25, 0.3) is 5.56 Å². The maximum atomic E-state index is 13.5. The minimum Gasteiger partial charge on any atom is -0.490 e. The Kier molecular flexibility index (Phi) is 8.94. The summed E-state index contributed by atoms with van der Waals surface area (Å²) in [5, 5.41) is 14.5. The molecule has 0 amide bonds. The average Bonchev–Trinajstić information content (AvgIpc) is 2.90. The minimum atomic E-state index is -0.441. The van der Waals surface area contributed by atoms with Gasteiger partial charge >= 0.3 is 0 Å². The quantitative estimate of drug-likeness (QED) is 0.183. The SMILES string of the molecule is CCOc1cc(C=Nn2c(C(C)(C)C)nc3ccc(Br)cc3c2=O)c(Br)c(Br)c1OCc1ccccc1C#N. The highest BCUT2D eigenvalue weighted by Crippen LogP contribution is 2.43. The lowest BCUT2D eigenvalue weighted by Crippen LogP contribution is -2.29. The van der Waals surface area contributed by atoms with Gasteiger partial charge in [0, 0.05) is 25.5 Å². The molecule has 0 N–H and O–H groups in total. The predicted octanol–water partition coefficient (Wildman–Crippen LogP) is 7.71. The molecule has 0 bridgehead atoms. The molecule has 0 atom stereocenters. The lowest BCUT2D eigenvalue weighted by molar-refractivity contribution is 0.267. The van der Waals surface area contributed by atoms with Crippen LogP contribution in [0.25, 0.3) is 10.9 Å². The van der Waals surface area contributed by atoms with E-state index in [9.17, 15) is 10.1 Å². The predicted molar refractivity (Wildman–Crippen MR) is 164 cm³/mol. The van der Waals surface area contributed by atoms with E-state index in [0.29, 0.717) is 54.9 Å². The van der Waals surface area contributed by atoms with Gasteiger partial charge in [-0.25, -0.2) is 4.98 Å². The van der Waals surface area contributed by atoms with E-state index in [1.165, 1.54) is 4.68 Å². The lowest BCUT2D eigenvalue weighted by Gasteiger charge is -2.21. The van der Waals surface area contributed by atoms with Crippen molar-refractivity contribution in [3.05, 3.63) is 94.8 Å². The molecule has 200 valence electrons. The average molecular weight is 717 g/mol. The first kappa shape index (κ1) is 29.0. The van der Waals surface area contributed by atoms with Gasteiger partial charge in [-0.3, -0.25) is 4.79 Å². The van der Waals surface area contributed by atoms with Crippen molar-refractivity contribution >= 4 is 64.9 Å². The molecule has 0 fully saturated rings. The van der Waals surface area contributed by atoms with Gasteiger partial charge in [-0.05, 0) is 69.1 Å². The monoisotopic (exact) mass is 714 g/mol. The third kappa shape index (κ3) is 6.26. The number of hydrogen-bond donors (Lipinski definition) is 0. The van der Waals surface area contributed by atoms with Crippen molar-refractivity contribution < 1.29 is 9.47 Å². The zero-order valence-electron chi connectivity index (χ0n) is 21.8. The van der Waals surface area contributed by atoms with Crippen LogP contribution in [0.1, 0.15) is 50.2 Å². The fraction of sp³-hybridized carbons (Fsp3) is 0.241. The Bertz CT molecular complexity index is 1680. The Labute approximate surface area is 251 Å². The molecular formula is C29H25Br3N4O3. The van der Waals surface area contributed by atoms with E-state index in [0.717, 1.165) is 10.0 Å². The molecule has 0 saturated heterocycles. The fourth-order valence-electron chi connectivity index (χ4n) is 3.86. The highest BCUT2D eigenvalue weighted by atomic mass is 79.9. The molecule has 39 heavy (non-hydrogen) atoms. The Morgan fingerprint density at radius 3 is 2.51 bits per heavy atom. The Balaban J connectivity index is 1.79. The molecule has 0 aliphatic carbocycles. The first-order chi connectivity index (χ1) is 18.5. The smallest absolute Gasteiger partial charge is 0.282 e. The summed E-state index contributed by atoms with van der Waals surface area (Å²) >= 11 is 10.7. The van der Waals surface area contributed by atoms with Crippen molar-refractivity contribution in [3.63, 3.8) is 0 Å². The maximum Gasteiger partial charge on any atom is 0.282 e. The molecule has 0 unspecified atom stereocenters. The number of nitrogens with zero attached hydrogens (tertiary/aromatic N) is 4. The standard InChI is InChI=1S/C29H25Br3N4O3/c1-5-38-23-12-19(24(31)25(32)26(23)39-16-18-9-7-6-8-17(18)14-33)15-34-36-27(37)21-13-20(30)10-11-22(21)35-28(36)29(2,3)4/h6-13,15H,5,16H2,1-4H3. The molecule has 10 heteroatoms. The van der Waals surface area contributed by atoms with E-state index in [4.69, 9.17) is 14.5 Å². The molecule has 1 aromatic heterocycles. The van der Waals surface area contributed by atoms with Gasteiger partial charge in [0.2, 0.25) is 0 Å². The number of hydrogen-bond acceptors (Lipinski definition) is 6. The molecule has 0 aliphatic heterocycles. The number of aromatic nitrogens is 2. The van der Waals surface area contributed by atoms with Crippen molar-refractivity contribution in [2.75, 3.05) is 6.61 Å². The van der Waals surface area contributed by atoms with Gasteiger partial charge < -0.3 is 9.47 Å². The van der Waals surface area contributed by atoms with Gasteiger partial charge in [0.05, 0.1) is 39.8 Å². The Hall–Kier alpha value is -3.00. The summed E-state index contributed by atoms with van der Waals surface area (Å²) in [6.45, 7) is 8.44. The summed E-state index contributed by atoms with van der Waals surface area (Å²) in [4.78, 5) is 18.3. The van der Waals surface area contributed by atoms with Crippen molar-refractivity contribution in [3.8, 4) is 17.6 Å². The zero-order chi connectivity index (χ0) is 28.3. The molecular weight excluding hydrogens is 692 g/mol. The van der Waals surface area contributed by atoms with E-state index in [1.807, 2.05) is 58.0 Å². The van der Waals surface area contributed by atoms with Gasteiger partial charge in [-0.15, -0.1) is 0 Å². The van der Waals surface area contributed by atoms with Crippen molar-refractivity contribution in [2.24, 2.45) is 5.10 Å². The zero-order valence-corrected chi connectivity index (χ0v) is 26.5. The molecule has 7 nitrogen and oxygen atoms in total. The molecule has 3 aromatic carbocycles. The second-order valence-electron chi connectivity index (χ2n) is 9.62. The van der Waals surface area contributed by atoms with Crippen molar-refractivity contribution in [1.82, 2.24) is 9.66 Å². The lowest BCUT2D eigenvalue weighted by atomic mass is 9.95. The van der Waals surface area contributed by atoms with Crippen LogP contribution < -0.4 is 15.0 Å². The van der Waals surface area contributed by atoms with Crippen LogP contribution in [0.4, 0.5) is 0 Å². The van der Waals surface area contributed by atoms with E-state index >= 15 is 0 Å². The van der Waals surface area contributed by atoms with Gasteiger partial charge in [0.1, 0.15) is 12.4 Å². The van der Waals surface area contributed by atoms with Crippen LogP contribution in [0, 0.1) is 11.3 Å². The van der Waals surface area contributed by atoms with Crippen molar-refractivity contribution in [2.45, 2.75) is 39.7 Å². The Morgan fingerprint density at radius 1 is 1.08 bits per heavy atom. The molecule has 0 saturated carbocycles. The number of halogens is 3. The molecule has 1 heterocycles. The summed E-state index contributed by atoms with van der Waals surface area (Å²) < 4.78 is 15.4. The summed E-state index contributed by atoms with van der Waals surface area (Å²) in [5.41, 5.74) is 1.88. The van der Waals surface area contributed by atoms with Gasteiger partial charge in [-0.2, -0.15) is 15.0 Å². The number of fused-ring (bicyclic) bond motifs is 1. The van der Waals surface area contributed by atoms with Crippen LogP contribution in [-0.2, 0) is 12.0 Å². The minimum absolute atomic E-state index is 0.185. The highest BCUT2D eigenvalue weighted by Gasteiger charge is 2.23. The normalized spacial score (nSPS) is 11.6. The van der Waals surface area contributed by atoms with E-state index in [2.05, 4.69) is 59.0 Å². The van der Waals surface area contributed by atoms with E-state index in [-0.39, 0.29) is 12.2 Å². The summed E-state index contributed by atoms with van der Waals surface area (Å²) in [7, 11) is 0. The summed E-state index contributed by atoms with van der Waals surface area (Å²) in [6, 6.07) is 16.7. The first-order valence-corrected chi connectivity index (χ1v) is 14.5. The topological polar surface area (TPSA) is 89.5 Å². The van der Waals surface area contributed by atoms with Crippen LogP contribution in [0.2, 0.25) is 0 Å². The van der Waals surface area contributed by atoms with Gasteiger partial charge in [0.15, 0.2) is 11.5 Å². The van der Waals surface area contributed by atoms with Crippen LogP contribution in [-0.4, -0.2) is 22.5 Å². The van der Waals surface area contributed by atoms with E-state index in [1.54, 1.807) is 24.4 Å². The fourth-order valence-corrected chi connectivity index (χ4v) is 5.16. The van der Waals surface area contributed by atoms with Crippen LogP contribution in [0.5, 0.6) is 11.5 Å². The third-order valence-corrected chi connectivity index (χ3v) is 8.39. The van der Waals surface area contributed by atoms with Crippen LogP contribution in [0.3, 0.4) is 0 Å². The molecule has 0 spiro atoms. The highest BCUT2D eigenvalue weighted by molar-refractivity contribution is 9.13. The number of benzene rings is 3. The third-order valence-electron chi connectivity index (χ3n) is 5.76. The summed E-state index contributed by atoms with van der Waals surface area (Å²) in [6.07, 6.45) is 1.59. The second-order valence-corrected chi connectivity index (χ2v) is 12.1. The molecule has 4 aromatic rings. The second kappa shape index (κ2) is 12.0. The largest absolute Gasteiger partial charge is 0.490 e. The number of rotatable bonds is 7. The van der Waals surface area contributed by atoms with Gasteiger partial charge in [-0.1, -0.05) is 54.9 Å². The van der Waals surface area contributed by atoms with Crippen LogP contribution >= 0.6 is 47.8 Å². The maximum absolute atomic E-state index is 13.5. The first-order valence-electron chi connectivity index (χ1n) is 12.1. The summed E-state index contributed by atoms with van der Waals surface area (Å²) in [5.74, 6) is 1.51. The van der Waals surface area contributed by atoms with Crippen LogP contribution in [0.15, 0.2) is 71.8 Å². The van der Waals surface area contributed by atoms with Crippen molar-refractivity contribution in [1.29, 1.82) is 5.26 Å². The Morgan fingerprint density at radius 2 is 1.82 bits per heavy atom. The molecule has 0 aliphatic rings. The van der Waals surface area contributed by atoms with E-state index < -0.39 is 5.41 Å². The number of nitriles is 1. The number of ether oxygens (including phenoxy) is 2. The molecule has 4 rings (SSSR count).